The third kappa shape index (κ3) is 6.89. The van der Waals surface area contributed by atoms with Gasteiger partial charge in [-0.1, -0.05) is 40.0 Å². The third-order valence-corrected chi connectivity index (χ3v) is 11.6. The average molecular weight is 649 g/mol. The molecule has 0 bridgehead atoms. The van der Waals surface area contributed by atoms with Crippen LogP contribution in [0.15, 0.2) is 0 Å². The van der Waals surface area contributed by atoms with Gasteiger partial charge in [-0.05, 0) is 19.3 Å². The van der Waals surface area contributed by atoms with Crippen molar-refractivity contribution < 1.29 is 74.6 Å². The monoisotopic (exact) mass is 649 g/mol. The van der Waals surface area contributed by atoms with Crippen LogP contribution >= 0.6 is 7.26 Å². The van der Waals surface area contributed by atoms with Crippen molar-refractivity contribution in [2.24, 2.45) is 0 Å². The molecule has 0 aromatic rings. The van der Waals surface area contributed by atoms with Crippen molar-refractivity contribution in [1.29, 1.82) is 0 Å². The van der Waals surface area contributed by atoms with Crippen LogP contribution in [0.4, 0.5) is 74.6 Å². The van der Waals surface area contributed by atoms with E-state index >= 15 is 0 Å². The summed E-state index contributed by atoms with van der Waals surface area (Å²) < 4.78 is 230. The van der Waals surface area contributed by atoms with E-state index < -0.39 is 67.5 Å². The van der Waals surface area contributed by atoms with Crippen molar-refractivity contribution >= 4 is 7.26 Å². The van der Waals surface area contributed by atoms with Crippen LogP contribution in [0.2, 0.25) is 0 Å². The summed E-state index contributed by atoms with van der Waals surface area (Å²) in [5, 5.41) is 0. The molecular formula is C22H31F17P+. The van der Waals surface area contributed by atoms with Crippen molar-refractivity contribution in [1.82, 2.24) is 0 Å². The molecule has 0 rings (SSSR count). The number of rotatable bonds is 18. The molecule has 0 heterocycles. The van der Waals surface area contributed by atoms with Crippen LogP contribution in [-0.4, -0.2) is 72.3 Å². The van der Waals surface area contributed by atoms with E-state index in [9.17, 15) is 74.6 Å². The van der Waals surface area contributed by atoms with Gasteiger partial charge in [0.25, 0.3) is 0 Å². The van der Waals surface area contributed by atoms with Gasteiger partial charge in [0.05, 0.1) is 31.1 Å². The molecule has 0 aliphatic rings. The topological polar surface area (TPSA) is 0 Å². The smallest absolute Gasteiger partial charge is 0.199 e. The maximum Gasteiger partial charge on any atom is 0.460 e. The van der Waals surface area contributed by atoms with Crippen molar-refractivity contribution in [3.63, 3.8) is 0 Å². The first-order chi connectivity index (χ1) is 17.6. The summed E-state index contributed by atoms with van der Waals surface area (Å²) in [6, 6.07) is 0. The number of unbranched alkanes of at least 4 members (excludes halogenated alkanes) is 3. The zero-order valence-electron chi connectivity index (χ0n) is 21.7. The van der Waals surface area contributed by atoms with Crippen molar-refractivity contribution in [3.05, 3.63) is 0 Å². The van der Waals surface area contributed by atoms with Crippen LogP contribution in [0.25, 0.3) is 0 Å². The molecular weight excluding hydrogens is 618 g/mol. The summed E-state index contributed by atoms with van der Waals surface area (Å²) in [6.45, 7) is 5.08. The molecule has 0 nitrogen and oxygen atoms in total. The van der Waals surface area contributed by atoms with Gasteiger partial charge in [-0.2, -0.15) is 74.6 Å². The zero-order valence-corrected chi connectivity index (χ0v) is 22.5. The fourth-order valence-electron chi connectivity index (χ4n) is 3.88. The van der Waals surface area contributed by atoms with Crippen LogP contribution in [0.3, 0.4) is 0 Å². The van der Waals surface area contributed by atoms with Crippen LogP contribution < -0.4 is 0 Å². The zero-order chi connectivity index (χ0) is 32.3. The molecule has 0 atom stereocenters. The Morgan fingerprint density at radius 3 is 0.925 bits per heavy atom. The Morgan fingerprint density at radius 1 is 0.375 bits per heavy atom. The number of alkyl halides is 17. The first kappa shape index (κ1) is 39.2. The van der Waals surface area contributed by atoms with E-state index in [2.05, 4.69) is 0 Å². The highest BCUT2D eigenvalue weighted by atomic mass is 31.2. The Labute approximate surface area is 220 Å². The van der Waals surface area contributed by atoms with E-state index in [1.54, 1.807) is 20.8 Å². The van der Waals surface area contributed by atoms with Gasteiger partial charge < -0.3 is 0 Å². The molecule has 0 unspecified atom stereocenters. The second-order valence-corrected chi connectivity index (χ2v) is 14.2. The van der Waals surface area contributed by atoms with Crippen molar-refractivity contribution in [3.8, 4) is 0 Å². The van der Waals surface area contributed by atoms with Gasteiger partial charge in [0.1, 0.15) is 0 Å². The van der Waals surface area contributed by atoms with Gasteiger partial charge in [-0.15, -0.1) is 0 Å². The highest BCUT2D eigenvalue weighted by Gasteiger charge is 2.95. The molecule has 0 N–H and O–H groups in total. The lowest BCUT2D eigenvalue weighted by molar-refractivity contribution is -0.461. The Bertz CT molecular complexity index is 767. The van der Waals surface area contributed by atoms with Gasteiger partial charge in [-0.3, -0.25) is 0 Å². The van der Waals surface area contributed by atoms with E-state index in [1.807, 2.05) is 0 Å². The fraction of sp³-hybridized carbons (Fsp3) is 1.00. The normalized spacial score (nSPS) is 15.6. The SMILES string of the molecule is CCCC[P+](CCCC)(CCCC)CCC(F)(F)C(F)(F)C(F)(F)C(F)(F)C(F)(F)C(F)(F)C(F)(F)C(F)(F)F. The van der Waals surface area contributed by atoms with E-state index in [0.717, 1.165) is 0 Å². The van der Waals surface area contributed by atoms with E-state index in [0.29, 0.717) is 38.5 Å². The summed E-state index contributed by atoms with van der Waals surface area (Å²) in [6.07, 6.45) is -7.59. The summed E-state index contributed by atoms with van der Waals surface area (Å²) in [5.41, 5.74) is 0. The molecule has 0 fully saturated rings. The predicted molar refractivity (Wildman–Crippen MR) is 116 cm³/mol. The van der Waals surface area contributed by atoms with Gasteiger partial charge >= 0.3 is 47.6 Å². The van der Waals surface area contributed by atoms with Gasteiger partial charge in [0, 0.05) is 7.26 Å². The second-order valence-electron chi connectivity index (χ2n) is 9.70. The molecule has 0 amide bonds. The Balaban J connectivity index is 6.59. The molecule has 0 radical (unpaired) electrons. The Morgan fingerprint density at radius 2 is 0.650 bits per heavy atom. The van der Waals surface area contributed by atoms with E-state index in [1.165, 1.54) is 0 Å². The lowest BCUT2D eigenvalue weighted by Gasteiger charge is -2.43. The van der Waals surface area contributed by atoms with Gasteiger partial charge in [0.15, 0.2) is 0 Å². The molecule has 0 spiro atoms. The van der Waals surface area contributed by atoms with Crippen LogP contribution in [0.5, 0.6) is 0 Å². The minimum absolute atomic E-state index is 0.217. The van der Waals surface area contributed by atoms with Crippen molar-refractivity contribution in [2.75, 3.05) is 24.6 Å². The highest BCUT2D eigenvalue weighted by Crippen LogP contribution is 2.66. The number of halogens is 17. The first-order valence-corrected chi connectivity index (χ1v) is 14.7. The minimum Gasteiger partial charge on any atom is -0.199 e. The molecule has 0 aliphatic carbocycles. The second kappa shape index (κ2) is 12.9. The summed E-state index contributed by atoms with van der Waals surface area (Å²) in [5.74, 6) is -55.8. The lowest BCUT2D eigenvalue weighted by Crippen LogP contribution is -2.74. The molecule has 18 heteroatoms. The summed E-state index contributed by atoms with van der Waals surface area (Å²) >= 11 is 0. The van der Waals surface area contributed by atoms with Gasteiger partial charge in [-0.25, -0.2) is 0 Å². The molecule has 0 aliphatic heterocycles. The first-order valence-electron chi connectivity index (χ1n) is 12.2. The largest absolute Gasteiger partial charge is 0.460 e. The maximum atomic E-state index is 14.5. The highest BCUT2D eigenvalue weighted by molar-refractivity contribution is 7.75. The van der Waals surface area contributed by atoms with Crippen LogP contribution in [-0.2, 0) is 0 Å². The number of hydrogen-bond acceptors (Lipinski definition) is 0. The molecule has 0 aromatic carbocycles. The molecule has 0 aromatic heterocycles. The van der Waals surface area contributed by atoms with Gasteiger partial charge in [0.2, 0.25) is 0 Å². The third-order valence-electron chi connectivity index (χ3n) is 6.65. The minimum atomic E-state index is -8.58. The standard InChI is InChI=1S/C22H31F17P/c1-4-7-11-40(12-8-5-2,13-9-6-3)14-10-15(23,24)16(25,26)17(27,28)18(29,30)19(31,32)20(33,34)21(35,36)22(37,38)39/h4-14H2,1-3H3/q+1. The lowest BCUT2D eigenvalue weighted by atomic mass is 9.88. The van der Waals surface area contributed by atoms with Crippen LogP contribution in [0, 0.1) is 0 Å². The Hall–Kier alpha value is -0.760. The summed E-state index contributed by atoms with van der Waals surface area (Å²) in [7, 11) is -2.64. The molecule has 0 saturated carbocycles. The van der Waals surface area contributed by atoms with E-state index in [4.69, 9.17) is 0 Å². The van der Waals surface area contributed by atoms with E-state index in [-0.39, 0.29) is 18.5 Å². The fourth-order valence-corrected chi connectivity index (χ4v) is 8.94. The summed E-state index contributed by atoms with van der Waals surface area (Å²) in [4.78, 5) is 0. The quantitative estimate of drug-likeness (QED) is 0.102. The average Bonchev–Trinajstić information content (AvgIpc) is 2.81. The van der Waals surface area contributed by atoms with Crippen molar-refractivity contribution in [2.45, 2.75) is 113 Å². The molecule has 242 valence electrons. The number of hydrogen-bond donors (Lipinski definition) is 0. The molecule has 40 heavy (non-hydrogen) atoms. The molecule has 0 saturated heterocycles. The Kier molecular flexibility index (Phi) is 12.6. The maximum absolute atomic E-state index is 14.5. The van der Waals surface area contributed by atoms with Crippen LogP contribution in [0.1, 0.15) is 65.7 Å². The predicted octanol–water partition coefficient (Wildman–Crippen LogP) is 10.8.